The summed E-state index contributed by atoms with van der Waals surface area (Å²) in [6.07, 6.45) is 4.65. The summed E-state index contributed by atoms with van der Waals surface area (Å²) in [5.74, 6) is -3.81. The highest BCUT2D eigenvalue weighted by molar-refractivity contribution is 7.98. The molecule has 4 atom stereocenters. The highest BCUT2D eigenvalue weighted by Gasteiger charge is 2.31. The minimum atomic E-state index is -1.19. The average Bonchev–Trinajstić information content (AvgIpc) is 3.35. The summed E-state index contributed by atoms with van der Waals surface area (Å²) in [4.78, 5) is 65.3. The molecule has 13 nitrogen and oxygen atoms in total. The summed E-state index contributed by atoms with van der Waals surface area (Å²) in [6, 6.07) is 2.90. The molecule has 0 radical (unpaired) electrons. The molecule has 0 spiro atoms. The molecule has 0 aliphatic rings. The number of carboxylic acid groups (broad SMARTS) is 2. The molecule has 0 saturated heterocycles. The van der Waals surface area contributed by atoms with Crippen LogP contribution in [0.5, 0.6) is 0 Å². The second kappa shape index (κ2) is 17.3. The molecule has 0 saturated carbocycles. The Morgan fingerprint density at radius 1 is 0.902 bits per heavy atom. The first-order valence-electron chi connectivity index (χ1n) is 13.4. The number of nitrogens with one attached hydrogen (secondary N) is 4. The van der Waals surface area contributed by atoms with Gasteiger partial charge in [-0.3, -0.25) is 19.2 Å². The zero-order valence-electron chi connectivity index (χ0n) is 23.1. The van der Waals surface area contributed by atoms with Gasteiger partial charge in [-0.15, -0.1) is 0 Å². The Morgan fingerprint density at radius 3 is 2.22 bits per heavy atom. The van der Waals surface area contributed by atoms with Crippen LogP contribution in [0.4, 0.5) is 0 Å². The Morgan fingerprint density at radius 2 is 1.56 bits per heavy atom. The van der Waals surface area contributed by atoms with E-state index in [9.17, 15) is 29.1 Å². The van der Waals surface area contributed by atoms with Crippen LogP contribution in [-0.2, 0) is 30.4 Å². The number of hydrogen-bond donors (Lipinski definition) is 8. The van der Waals surface area contributed by atoms with Gasteiger partial charge in [-0.1, -0.05) is 18.2 Å². The van der Waals surface area contributed by atoms with Crippen molar-refractivity contribution in [2.75, 3.05) is 18.6 Å². The Hall–Kier alpha value is -3.62. The van der Waals surface area contributed by atoms with Crippen LogP contribution in [0, 0.1) is 0 Å². The van der Waals surface area contributed by atoms with E-state index < -0.39 is 53.8 Å². The topological polar surface area (TPSA) is 230 Å². The maximum atomic E-state index is 13.5. The lowest BCUT2D eigenvalue weighted by atomic mass is 10.0. The number of benzene rings is 1. The molecule has 1 aromatic carbocycles. The van der Waals surface area contributed by atoms with E-state index in [4.69, 9.17) is 16.6 Å². The second-order valence-corrected chi connectivity index (χ2v) is 10.7. The third-order valence-corrected chi connectivity index (χ3v) is 7.19. The van der Waals surface area contributed by atoms with Crippen molar-refractivity contribution in [1.82, 2.24) is 20.9 Å². The number of rotatable bonds is 19. The molecular formula is C27H40N6O7S. The van der Waals surface area contributed by atoms with Crippen molar-refractivity contribution >= 4 is 52.3 Å². The van der Waals surface area contributed by atoms with Crippen LogP contribution in [0.1, 0.15) is 44.1 Å². The summed E-state index contributed by atoms with van der Waals surface area (Å²) in [5, 5.41) is 27.2. The molecule has 0 aliphatic heterocycles. The number of fused-ring (bicyclic) bond motifs is 1. The molecule has 3 amide bonds. The minimum absolute atomic E-state index is 0.0536. The number of thioether (sulfide) groups is 1. The first kappa shape index (κ1) is 33.6. The molecule has 0 bridgehead atoms. The molecule has 10 N–H and O–H groups in total. The predicted octanol–water partition coefficient (Wildman–Crippen LogP) is 0.324. The summed E-state index contributed by atoms with van der Waals surface area (Å²) < 4.78 is 0. The summed E-state index contributed by atoms with van der Waals surface area (Å²) >= 11 is 1.44. The molecule has 2 aromatic rings. The normalized spacial score (nSPS) is 14.0. The van der Waals surface area contributed by atoms with Gasteiger partial charge in [-0.2, -0.15) is 11.8 Å². The monoisotopic (exact) mass is 592 g/mol. The maximum Gasteiger partial charge on any atom is 0.326 e. The van der Waals surface area contributed by atoms with Crippen LogP contribution in [0.3, 0.4) is 0 Å². The van der Waals surface area contributed by atoms with Gasteiger partial charge < -0.3 is 42.6 Å². The van der Waals surface area contributed by atoms with Crippen LogP contribution in [-0.4, -0.2) is 87.6 Å². The summed E-state index contributed by atoms with van der Waals surface area (Å²) in [6.45, 7) is 0.374. The largest absolute Gasteiger partial charge is 0.481 e. The second-order valence-electron chi connectivity index (χ2n) is 9.69. The lowest BCUT2D eigenvalue weighted by molar-refractivity contribution is -0.142. The van der Waals surface area contributed by atoms with E-state index in [0.717, 1.165) is 16.5 Å². The van der Waals surface area contributed by atoms with E-state index in [0.29, 0.717) is 25.1 Å². The Balaban J connectivity index is 2.28. The van der Waals surface area contributed by atoms with Crippen LogP contribution >= 0.6 is 11.8 Å². The number of aromatic amines is 1. The lowest BCUT2D eigenvalue weighted by Gasteiger charge is -2.25. The Bertz CT molecular complexity index is 1190. The first-order valence-corrected chi connectivity index (χ1v) is 14.8. The number of para-hydroxylation sites is 1. The highest BCUT2D eigenvalue weighted by Crippen LogP contribution is 2.19. The van der Waals surface area contributed by atoms with Crippen molar-refractivity contribution in [3.8, 4) is 0 Å². The van der Waals surface area contributed by atoms with Crippen molar-refractivity contribution in [3.05, 3.63) is 36.0 Å². The zero-order chi connectivity index (χ0) is 30.4. The van der Waals surface area contributed by atoms with Gasteiger partial charge in [-0.05, 0) is 62.3 Å². The van der Waals surface area contributed by atoms with Gasteiger partial charge >= 0.3 is 11.9 Å². The Labute approximate surface area is 242 Å². The number of aromatic nitrogens is 1. The van der Waals surface area contributed by atoms with Gasteiger partial charge in [0.15, 0.2) is 0 Å². The van der Waals surface area contributed by atoms with Gasteiger partial charge in [0.2, 0.25) is 17.7 Å². The van der Waals surface area contributed by atoms with Crippen molar-refractivity contribution in [2.24, 2.45) is 11.5 Å². The number of H-pyrrole nitrogens is 1. The van der Waals surface area contributed by atoms with Crippen molar-refractivity contribution < 1.29 is 34.2 Å². The van der Waals surface area contributed by atoms with Crippen LogP contribution < -0.4 is 27.4 Å². The molecule has 14 heteroatoms. The van der Waals surface area contributed by atoms with Crippen LogP contribution in [0.25, 0.3) is 10.9 Å². The van der Waals surface area contributed by atoms with E-state index in [1.54, 1.807) is 6.20 Å². The van der Waals surface area contributed by atoms with Crippen molar-refractivity contribution in [1.29, 1.82) is 0 Å². The fourth-order valence-corrected chi connectivity index (χ4v) is 4.69. The summed E-state index contributed by atoms with van der Waals surface area (Å²) in [5.41, 5.74) is 13.0. The van der Waals surface area contributed by atoms with Gasteiger partial charge in [0, 0.05) is 29.9 Å². The number of aliphatic carboxylic acids is 2. The Kier molecular flexibility index (Phi) is 14.1. The van der Waals surface area contributed by atoms with E-state index >= 15 is 0 Å². The molecule has 226 valence electrons. The molecule has 4 unspecified atom stereocenters. The van der Waals surface area contributed by atoms with E-state index in [-0.39, 0.29) is 32.1 Å². The van der Waals surface area contributed by atoms with Gasteiger partial charge in [0.1, 0.15) is 18.1 Å². The van der Waals surface area contributed by atoms with Crippen LogP contribution in [0.15, 0.2) is 30.5 Å². The minimum Gasteiger partial charge on any atom is -0.481 e. The van der Waals surface area contributed by atoms with Crippen molar-refractivity contribution in [2.45, 2.75) is 69.1 Å². The fraction of sp³-hybridized carbons (Fsp3) is 0.519. The van der Waals surface area contributed by atoms with E-state index in [1.807, 2.05) is 30.5 Å². The standard InChI is InChI=1S/C27H40N6O7S/c1-41-13-11-21(27(39)40)32-26(38)22(14-16-15-30-19-7-3-2-6-17(16)19)33-25(37)20(8-4-5-12-28)31-24(36)18(29)9-10-23(34)35/h2-3,6-7,15,18,20-22,30H,4-5,8-14,28-29H2,1H3,(H,31,36)(H,32,38)(H,33,37)(H,34,35)(H,39,40). The van der Waals surface area contributed by atoms with Gasteiger partial charge in [-0.25, -0.2) is 4.79 Å². The number of carboxylic acids is 2. The third kappa shape index (κ3) is 11.1. The number of unbranched alkanes of at least 4 members (excludes halogenated alkanes) is 1. The smallest absolute Gasteiger partial charge is 0.326 e. The average molecular weight is 593 g/mol. The third-order valence-electron chi connectivity index (χ3n) is 6.54. The number of hydrogen-bond acceptors (Lipinski definition) is 8. The first-order chi connectivity index (χ1) is 19.6. The quantitative estimate of drug-likeness (QED) is 0.104. The fourth-order valence-electron chi connectivity index (χ4n) is 4.22. The van der Waals surface area contributed by atoms with E-state index in [2.05, 4.69) is 20.9 Å². The van der Waals surface area contributed by atoms with Crippen molar-refractivity contribution in [3.63, 3.8) is 0 Å². The number of carbonyl (C=O) groups is 5. The number of nitrogens with two attached hydrogens (primary N) is 2. The lowest BCUT2D eigenvalue weighted by Crippen LogP contribution is -2.57. The molecule has 0 aliphatic carbocycles. The van der Waals surface area contributed by atoms with Gasteiger partial charge in [0.25, 0.3) is 0 Å². The highest BCUT2D eigenvalue weighted by atomic mass is 32.2. The SMILES string of the molecule is CSCCC(NC(=O)C(Cc1c[nH]c2ccccc12)NC(=O)C(CCCCN)NC(=O)C(N)CCC(=O)O)C(=O)O. The zero-order valence-corrected chi connectivity index (χ0v) is 23.9. The molecule has 1 heterocycles. The van der Waals surface area contributed by atoms with Gasteiger partial charge in [0.05, 0.1) is 6.04 Å². The maximum absolute atomic E-state index is 13.5. The molecule has 2 rings (SSSR count). The number of amides is 3. The van der Waals surface area contributed by atoms with E-state index in [1.165, 1.54) is 11.8 Å². The molecule has 41 heavy (non-hydrogen) atoms. The predicted molar refractivity (Wildman–Crippen MR) is 156 cm³/mol. The van der Waals surface area contributed by atoms with Crippen LogP contribution in [0.2, 0.25) is 0 Å². The molecular weight excluding hydrogens is 552 g/mol. The number of carbonyl (C=O) groups excluding carboxylic acids is 3. The summed E-state index contributed by atoms with van der Waals surface area (Å²) in [7, 11) is 0. The molecule has 0 fully saturated rings. The molecule has 1 aromatic heterocycles.